The van der Waals surface area contributed by atoms with Gasteiger partial charge in [-0.2, -0.15) is 0 Å². The Morgan fingerprint density at radius 3 is 2.29 bits per heavy atom. The lowest BCUT2D eigenvalue weighted by Crippen LogP contribution is -2.31. The van der Waals surface area contributed by atoms with Gasteiger partial charge in [0.15, 0.2) is 6.61 Å². The summed E-state index contributed by atoms with van der Waals surface area (Å²) in [6, 6.07) is 18.5. The van der Waals surface area contributed by atoms with E-state index in [1.165, 1.54) is 36.4 Å². The first-order valence-electron chi connectivity index (χ1n) is 9.61. The predicted octanol–water partition coefficient (Wildman–Crippen LogP) is 4.19. The topological polar surface area (TPSA) is 84.5 Å². The minimum absolute atomic E-state index is 0.0810. The molecule has 0 saturated carbocycles. The van der Waals surface area contributed by atoms with E-state index in [4.69, 9.17) is 4.74 Å². The standard InChI is InChI=1S/C23H23FN2O4S/c1-16-5-3-4-6-22(16)26-31(28,29)21-13-11-20(12-14-21)30-15-23(27)25-17(2)18-7-9-19(24)10-8-18/h3-14,17,26H,15H2,1-2H3,(H,25,27). The average molecular weight is 443 g/mol. The van der Waals surface area contributed by atoms with E-state index in [9.17, 15) is 17.6 Å². The van der Waals surface area contributed by atoms with Crippen LogP contribution in [0.5, 0.6) is 5.75 Å². The highest BCUT2D eigenvalue weighted by Gasteiger charge is 2.16. The molecule has 0 aliphatic rings. The highest BCUT2D eigenvalue weighted by Crippen LogP contribution is 2.21. The number of carbonyl (C=O) groups excluding carboxylic acids is 1. The van der Waals surface area contributed by atoms with Gasteiger partial charge in [0, 0.05) is 0 Å². The normalized spacial score (nSPS) is 12.1. The molecule has 6 nitrogen and oxygen atoms in total. The number of para-hydroxylation sites is 1. The Morgan fingerprint density at radius 2 is 1.65 bits per heavy atom. The Balaban J connectivity index is 1.56. The number of amides is 1. The van der Waals surface area contributed by atoms with Crippen molar-refractivity contribution in [2.45, 2.75) is 24.8 Å². The van der Waals surface area contributed by atoms with Crippen molar-refractivity contribution in [3.05, 3.63) is 89.7 Å². The second-order valence-electron chi connectivity index (χ2n) is 7.02. The van der Waals surface area contributed by atoms with Crippen LogP contribution in [0.25, 0.3) is 0 Å². The van der Waals surface area contributed by atoms with E-state index < -0.39 is 10.0 Å². The summed E-state index contributed by atoms with van der Waals surface area (Å²) in [5.74, 6) is -0.334. The van der Waals surface area contributed by atoms with Crippen LogP contribution in [0.4, 0.5) is 10.1 Å². The number of hydrogen-bond donors (Lipinski definition) is 2. The summed E-state index contributed by atoms with van der Waals surface area (Å²) in [7, 11) is -3.75. The molecule has 3 aromatic rings. The van der Waals surface area contributed by atoms with Crippen molar-refractivity contribution >= 4 is 21.6 Å². The molecule has 0 fully saturated rings. The first kappa shape index (κ1) is 22.3. The fraction of sp³-hybridized carbons (Fsp3) is 0.174. The van der Waals surface area contributed by atoms with Crippen LogP contribution in [0.15, 0.2) is 77.7 Å². The number of benzene rings is 3. The van der Waals surface area contributed by atoms with Gasteiger partial charge in [0.25, 0.3) is 15.9 Å². The third kappa shape index (κ3) is 6.05. The lowest BCUT2D eigenvalue weighted by Gasteiger charge is -2.15. The van der Waals surface area contributed by atoms with Crippen molar-refractivity contribution < 1.29 is 22.3 Å². The molecule has 0 bridgehead atoms. The van der Waals surface area contributed by atoms with Crippen LogP contribution in [-0.4, -0.2) is 20.9 Å². The van der Waals surface area contributed by atoms with Crippen molar-refractivity contribution in [3.63, 3.8) is 0 Å². The van der Waals surface area contributed by atoms with Crippen LogP contribution in [0, 0.1) is 12.7 Å². The minimum Gasteiger partial charge on any atom is -0.484 e. The summed E-state index contributed by atoms with van der Waals surface area (Å²) in [5, 5.41) is 2.76. The number of aryl methyl sites for hydroxylation is 1. The molecule has 3 rings (SSSR count). The van der Waals surface area contributed by atoms with E-state index in [0.717, 1.165) is 11.1 Å². The van der Waals surface area contributed by atoms with Crippen LogP contribution in [0.2, 0.25) is 0 Å². The molecule has 1 amide bonds. The minimum atomic E-state index is -3.75. The van der Waals surface area contributed by atoms with Gasteiger partial charge in [0.2, 0.25) is 0 Å². The molecule has 3 aromatic carbocycles. The van der Waals surface area contributed by atoms with Crippen molar-refractivity contribution in [2.75, 3.05) is 11.3 Å². The number of hydrogen-bond acceptors (Lipinski definition) is 4. The second kappa shape index (κ2) is 9.61. The number of nitrogens with one attached hydrogen (secondary N) is 2. The van der Waals surface area contributed by atoms with Gasteiger partial charge < -0.3 is 10.1 Å². The van der Waals surface area contributed by atoms with Crippen molar-refractivity contribution in [3.8, 4) is 5.75 Å². The first-order chi connectivity index (χ1) is 14.7. The Morgan fingerprint density at radius 1 is 1.00 bits per heavy atom. The summed E-state index contributed by atoms with van der Waals surface area (Å²) >= 11 is 0. The maximum absolute atomic E-state index is 13.0. The number of sulfonamides is 1. The fourth-order valence-corrected chi connectivity index (χ4v) is 4.00. The van der Waals surface area contributed by atoms with Gasteiger partial charge in [-0.15, -0.1) is 0 Å². The maximum atomic E-state index is 13.0. The van der Waals surface area contributed by atoms with E-state index >= 15 is 0 Å². The summed E-state index contributed by atoms with van der Waals surface area (Å²) in [6.07, 6.45) is 0. The second-order valence-corrected chi connectivity index (χ2v) is 8.70. The maximum Gasteiger partial charge on any atom is 0.261 e. The summed E-state index contributed by atoms with van der Waals surface area (Å²) in [6.45, 7) is 3.36. The van der Waals surface area contributed by atoms with Gasteiger partial charge in [-0.1, -0.05) is 30.3 Å². The predicted molar refractivity (Wildman–Crippen MR) is 117 cm³/mol. The van der Waals surface area contributed by atoms with Gasteiger partial charge in [-0.25, -0.2) is 12.8 Å². The zero-order valence-corrected chi connectivity index (χ0v) is 17.9. The number of carbonyl (C=O) groups is 1. The molecule has 1 unspecified atom stereocenters. The molecule has 1 atom stereocenters. The Bertz CT molecular complexity index is 1150. The Hall–Kier alpha value is -3.39. The van der Waals surface area contributed by atoms with Gasteiger partial charge >= 0.3 is 0 Å². The van der Waals surface area contributed by atoms with Crippen molar-refractivity contribution in [1.29, 1.82) is 0 Å². The third-order valence-electron chi connectivity index (χ3n) is 4.64. The molecular formula is C23H23FN2O4S. The number of rotatable bonds is 8. The molecule has 0 saturated heterocycles. The molecule has 31 heavy (non-hydrogen) atoms. The van der Waals surface area contributed by atoms with Gasteiger partial charge in [-0.3, -0.25) is 9.52 Å². The zero-order valence-electron chi connectivity index (χ0n) is 17.1. The molecule has 8 heteroatoms. The average Bonchev–Trinajstić information content (AvgIpc) is 2.74. The van der Waals surface area contributed by atoms with E-state index in [0.29, 0.717) is 11.4 Å². The molecule has 0 aliphatic heterocycles. The quantitative estimate of drug-likeness (QED) is 0.548. The van der Waals surface area contributed by atoms with Gasteiger partial charge in [0.1, 0.15) is 11.6 Å². The highest BCUT2D eigenvalue weighted by atomic mass is 32.2. The zero-order chi connectivity index (χ0) is 22.4. The molecule has 0 aliphatic carbocycles. The van der Waals surface area contributed by atoms with E-state index in [1.807, 2.05) is 19.1 Å². The summed E-state index contributed by atoms with van der Waals surface area (Å²) in [5.41, 5.74) is 2.09. The Labute approximate surface area is 181 Å². The van der Waals surface area contributed by atoms with E-state index in [1.54, 1.807) is 31.2 Å². The van der Waals surface area contributed by atoms with Crippen LogP contribution >= 0.6 is 0 Å². The summed E-state index contributed by atoms with van der Waals surface area (Å²) in [4.78, 5) is 12.2. The molecular weight excluding hydrogens is 419 g/mol. The largest absolute Gasteiger partial charge is 0.484 e. The molecule has 0 radical (unpaired) electrons. The highest BCUT2D eigenvalue weighted by molar-refractivity contribution is 7.92. The van der Waals surface area contributed by atoms with Gasteiger partial charge in [-0.05, 0) is 67.4 Å². The van der Waals surface area contributed by atoms with Crippen LogP contribution in [-0.2, 0) is 14.8 Å². The molecule has 162 valence electrons. The lowest BCUT2D eigenvalue weighted by molar-refractivity contribution is -0.123. The molecule has 0 aromatic heterocycles. The molecule has 2 N–H and O–H groups in total. The van der Waals surface area contributed by atoms with Crippen molar-refractivity contribution in [2.24, 2.45) is 0 Å². The van der Waals surface area contributed by atoms with Crippen LogP contribution in [0.1, 0.15) is 24.1 Å². The van der Waals surface area contributed by atoms with Crippen molar-refractivity contribution in [1.82, 2.24) is 5.32 Å². The summed E-state index contributed by atoms with van der Waals surface area (Å²) < 4.78 is 46.1. The smallest absolute Gasteiger partial charge is 0.261 e. The Kier molecular flexibility index (Phi) is 6.91. The van der Waals surface area contributed by atoms with Crippen LogP contribution in [0.3, 0.4) is 0 Å². The number of halogens is 1. The number of ether oxygens (including phenoxy) is 1. The monoisotopic (exact) mass is 442 g/mol. The molecule has 0 spiro atoms. The van der Waals surface area contributed by atoms with E-state index in [-0.39, 0.29) is 29.3 Å². The lowest BCUT2D eigenvalue weighted by atomic mass is 10.1. The van der Waals surface area contributed by atoms with Crippen LogP contribution < -0.4 is 14.8 Å². The fourth-order valence-electron chi connectivity index (χ4n) is 2.87. The van der Waals surface area contributed by atoms with Gasteiger partial charge in [0.05, 0.1) is 16.6 Å². The van der Waals surface area contributed by atoms with E-state index in [2.05, 4.69) is 10.0 Å². The third-order valence-corrected chi connectivity index (χ3v) is 6.02. The SMILES string of the molecule is Cc1ccccc1NS(=O)(=O)c1ccc(OCC(=O)NC(C)c2ccc(F)cc2)cc1. The first-order valence-corrected chi connectivity index (χ1v) is 11.1. The molecule has 0 heterocycles. The number of anilines is 1.